The lowest BCUT2D eigenvalue weighted by Gasteiger charge is -2.09. The van der Waals surface area contributed by atoms with Crippen LogP contribution in [0, 0.1) is 6.92 Å². The van der Waals surface area contributed by atoms with Crippen LogP contribution in [-0.4, -0.2) is 20.6 Å². The molecule has 130 valence electrons. The summed E-state index contributed by atoms with van der Waals surface area (Å²) in [7, 11) is 0. The molecule has 0 saturated carbocycles. The molecule has 0 aliphatic heterocycles. The van der Waals surface area contributed by atoms with E-state index in [1.54, 1.807) is 13.0 Å². The molecule has 2 aromatic carbocycles. The number of halogens is 1. The van der Waals surface area contributed by atoms with E-state index in [1.807, 2.05) is 53.1 Å². The summed E-state index contributed by atoms with van der Waals surface area (Å²) in [5.41, 5.74) is 3.48. The number of fused-ring (bicyclic) bond motifs is 1. The number of rotatable bonds is 4. The van der Waals surface area contributed by atoms with Crippen molar-refractivity contribution < 1.29 is 9.32 Å². The highest BCUT2D eigenvalue weighted by Crippen LogP contribution is 2.25. The summed E-state index contributed by atoms with van der Waals surface area (Å²) in [5, 5.41) is 6.59. The maximum Gasteiger partial charge on any atom is 0.296 e. The molecule has 0 saturated heterocycles. The predicted octanol–water partition coefficient (Wildman–Crippen LogP) is 4.40. The molecule has 6 nitrogen and oxygen atoms in total. The lowest BCUT2D eigenvalue weighted by Crippen LogP contribution is -2.16. The Hall–Kier alpha value is -2.93. The third-order valence-electron chi connectivity index (χ3n) is 3.97. The Kier molecular flexibility index (Phi) is 4.30. The number of benzene rings is 2. The quantitative estimate of drug-likeness (QED) is 0.541. The largest absolute Gasteiger partial charge is 0.351 e. The SMILES string of the molecule is Cc1cc(C(=O)Nc2nc3cc(Br)ccc3n2Cc2ccccc2)on1. The van der Waals surface area contributed by atoms with Crippen LogP contribution in [0.4, 0.5) is 5.95 Å². The number of aromatic nitrogens is 3. The summed E-state index contributed by atoms with van der Waals surface area (Å²) in [6.45, 7) is 2.35. The lowest BCUT2D eigenvalue weighted by atomic mass is 10.2. The van der Waals surface area contributed by atoms with Crippen LogP contribution in [0.5, 0.6) is 0 Å². The van der Waals surface area contributed by atoms with Gasteiger partial charge in [-0.15, -0.1) is 0 Å². The normalized spacial score (nSPS) is 11.0. The molecule has 0 aliphatic rings. The first-order valence-electron chi connectivity index (χ1n) is 8.04. The first kappa shape index (κ1) is 16.5. The molecular weight excluding hydrogens is 396 g/mol. The fourth-order valence-corrected chi connectivity index (χ4v) is 3.11. The van der Waals surface area contributed by atoms with Gasteiger partial charge in [-0.2, -0.15) is 0 Å². The third-order valence-corrected chi connectivity index (χ3v) is 4.46. The molecule has 0 unspecified atom stereocenters. The molecule has 0 fully saturated rings. The van der Waals surface area contributed by atoms with Gasteiger partial charge >= 0.3 is 0 Å². The minimum absolute atomic E-state index is 0.155. The number of nitrogens with zero attached hydrogens (tertiary/aromatic N) is 3. The zero-order valence-electron chi connectivity index (χ0n) is 13.9. The van der Waals surface area contributed by atoms with Crippen LogP contribution < -0.4 is 5.32 Å². The summed E-state index contributed by atoms with van der Waals surface area (Å²) in [6.07, 6.45) is 0. The number of hydrogen-bond donors (Lipinski definition) is 1. The van der Waals surface area contributed by atoms with E-state index in [0.717, 1.165) is 21.1 Å². The Bertz CT molecular complexity index is 1090. The van der Waals surface area contributed by atoms with E-state index in [-0.39, 0.29) is 11.7 Å². The van der Waals surface area contributed by atoms with E-state index >= 15 is 0 Å². The molecule has 4 rings (SSSR count). The van der Waals surface area contributed by atoms with Crippen molar-refractivity contribution in [3.63, 3.8) is 0 Å². The number of imidazole rings is 1. The second kappa shape index (κ2) is 6.76. The van der Waals surface area contributed by atoms with Gasteiger partial charge in [0, 0.05) is 10.5 Å². The molecule has 0 radical (unpaired) electrons. The summed E-state index contributed by atoms with van der Waals surface area (Å²) >= 11 is 3.46. The molecule has 0 spiro atoms. The number of carbonyl (C=O) groups is 1. The van der Waals surface area contributed by atoms with Crippen LogP contribution in [0.2, 0.25) is 0 Å². The van der Waals surface area contributed by atoms with E-state index in [4.69, 9.17) is 4.52 Å². The number of carbonyl (C=O) groups excluding carboxylic acids is 1. The van der Waals surface area contributed by atoms with Gasteiger partial charge < -0.3 is 9.09 Å². The highest BCUT2D eigenvalue weighted by atomic mass is 79.9. The number of aryl methyl sites for hydroxylation is 1. The highest BCUT2D eigenvalue weighted by Gasteiger charge is 2.17. The van der Waals surface area contributed by atoms with Crippen LogP contribution in [0.3, 0.4) is 0 Å². The van der Waals surface area contributed by atoms with Crippen molar-refractivity contribution in [1.82, 2.24) is 14.7 Å². The van der Waals surface area contributed by atoms with Crippen LogP contribution >= 0.6 is 15.9 Å². The van der Waals surface area contributed by atoms with Crippen LogP contribution in [0.1, 0.15) is 21.8 Å². The Labute approximate surface area is 158 Å². The van der Waals surface area contributed by atoms with Gasteiger partial charge in [-0.25, -0.2) is 4.98 Å². The third kappa shape index (κ3) is 3.25. The molecule has 0 bridgehead atoms. The molecular formula is C19H15BrN4O2. The molecule has 1 amide bonds. The standard InChI is InChI=1S/C19H15BrN4O2/c1-12-9-17(26-23-12)18(25)22-19-21-15-10-14(20)7-8-16(15)24(19)11-13-5-3-2-4-6-13/h2-10H,11H2,1H3,(H,21,22,25). The zero-order chi connectivity index (χ0) is 18.1. The van der Waals surface area contributed by atoms with Crippen molar-refractivity contribution in [2.75, 3.05) is 5.32 Å². The Morgan fingerprint density at radius 3 is 2.73 bits per heavy atom. The van der Waals surface area contributed by atoms with Gasteiger partial charge in [-0.3, -0.25) is 10.1 Å². The van der Waals surface area contributed by atoms with Gasteiger partial charge in [0.05, 0.1) is 23.3 Å². The van der Waals surface area contributed by atoms with E-state index in [1.165, 1.54) is 0 Å². The Balaban J connectivity index is 1.74. The van der Waals surface area contributed by atoms with E-state index in [0.29, 0.717) is 18.2 Å². The molecule has 7 heteroatoms. The van der Waals surface area contributed by atoms with Crippen LogP contribution in [0.15, 0.2) is 63.6 Å². The lowest BCUT2D eigenvalue weighted by molar-refractivity contribution is 0.0986. The average molecular weight is 411 g/mol. The van der Waals surface area contributed by atoms with Crippen molar-refractivity contribution in [2.45, 2.75) is 13.5 Å². The van der Waals surface area contributed by atoms with Gasteiger partial charge in [-0.1, -0.05) is 51.4 Å². The minimum atomic E-state index is -0.380. The van der Waals surface area contributed by atoms with Crippen molar-refractivity contribution >= 4 is 38.8 Å². The van der Waals surface area contributed by atoms with E-state index in [2.05, 4.69) is 31.4 Å². The molecule has 2 heterocycles. The first-order valence-corrected chi connectivity index (χ1v) is 8.84. The molecule has 0 atom stereocenters. The second-order valence-corrected chi connectivity index (χ2v) is 6.84. The Morgan fingerprint density at radius 2 is 2.00 bits per heavy atom. The molecule has 26 heavy (non-hydrogen) atoms. The summed E-state index contributed by atoms with van der Waals surface area (Å²) in [6, 6.07) is 17.5. The van der Waals surface area contributed by atoms with E-state index < -0.39 is 0 Å². The molecule has 4 aromatic rings. The van der Waals surface area contributed by atoms with Gasteiger partial charge in [-0.05, 0) is 30.7 Å². The maximum absolute atomic E-state index is 12.5. The monoisotopic (exact) mass is 410 g/mol. The molecule has 0 aliphatic carbocycles. The van der Waals surface area contributed by atoms with Crippen molar-refractivity contribution in [3.8, 4) is 0 Å². The number of nitrogens with one attached hydrogen (secondary N) is 1. The number of anilines is 1. The predicted molar refractivity (Wildman–Crippen MR) is 102 cm³/mol. The van der Waals surface area contributed by atoms with Gasteiger partial charge in [0.1, 0.15) is 0 Å². The van der Waals surface area contributed by atoms with Crippen molar-refractivity contribution in [2.24, 2.45) is 0 Å². The van der Waals surface area contributed by atoms with Gasteiger partial charge in [0.15, 0.2) is 0 Å². The average Bonchev–Trinajstić information content (AvgIpc) is 3.20. The smallest absolute Gasteiger partial charge is 0.296 e. The van der Waals surface area contributed by atoms with Crippen molar-refractivity contribution in [1.29, 1.82) is 0 Å². The maximum atomic E-state index is 12.5. The summed E-state index contributed by atoms with van der Waals surface area (Å²) < 4.78 is 7.94. The van der Waals surface area contributed by atoms with Crippen molar-refractivity contribution in [3.05, 3.63) is 76.1 Å². The highest BCUT2D eigenvalue weighted by molar-refractivity contribution is 9.10. The number of amides is 1. The fraction of sp³-hybridized carbons (Fsp3) is 0.105. The second-order valence-electron chi connectivity index (χ2n) is 5.93. The van der Waals surface area contributed by atoms with E-state index in [9.17, 15) is 4.79 Å². The number of hydrogen-bond acceptors (Lipinski definition) is 4. The summed E-state index contributed by atoms with van der Waals surface area (Å²) in [5.74, 6) is 0.234. The van der Waals surface area contributed by atoms with Gasteiger partial charge in [0.25, 0.3) is 5.91 Å². The minimum Gasteiger partial charge on any atom is -0.351 e. The first-order chi connectivity index (χ1) is 12.6. The summed E-state index contributed by atoms with van der Waals surface area (Å²) in [4.78, 5) is 17.0. The molecule has 2 aromatic heterocycles. The zero-order valence-corrected chi connectivity index (χ0v) is 15.5. The topological polar surface area (TPSA) is 73.0 Å². The van der Waals surface area contributed by atoms with Crippen LogP contribution in [-0.2, 0) is 6.54 Å². The molecule has 1 N–H and O–H groups in total. The van der Waals surface area contributed by atoms with Crippen LogP contribution in [0.25, 0.3) is 11.0 Å². The fourth-order valence-electron chi connectivity index (χ4n) is 2.76. The van der Waals surface area contributed by atoms with Gasteiger partial charge in [0.2, 0.25) is 11.7 Å². The Morgan fingerprint density at radius 1 is 1.19 bits per heavy atom.